The maximum absolute atomic E-state index is 12.8. The van der Waals surface area contributed by atoms with Crippen molar-refractivity contribution in [3.63, 3.8) is 0 Å². The van der Waals surface area contributed by atoms with Crippen LogP contribution in [0.3, 0.4) is 0 Å². The van der Waals surface area contributed by atoms with Crippen molar-refractivity contribution in [1.82, 2.24) is 19.8 Å². The molecule has 0 unspecified atom stereocenters. The first-order valence-electron chi connectivity index (χ1n) is 9.30. The quantitative estimate of drug-likeness (QED) is 0.804. The molecule has 2 aromatic rings. The summed E-state index contributed by atoms with van der Waals surface area (Å²) in [5.74, 6) is 0.0635. The minimum Gasteiger partial charge on any atom is -0.336 e. The third kappa shape index (κ3) is 4.76. The Balaban J connectivity index is 1.52. The molecular formula is C21H26N4O. The van der Waals surface area contributed by atoms with Crippen molar-refractivity contribution < 1.29 is 4.79 Å². The molecular weight excluding hydrogens is 324 g/mol. The maximum atomic E-state index is 12.8. The molecule has 2 heterocycles. The number of rotatable bonds is 6. The lowest BCUT2D eigenvalue weighted by Gasteiger charge is -2.34. The number of benzene rings is 1. The van der Waals surface area contributed by atoms with Crippen molar-refractivity contribution in [2.24, 2.45) is 0 Å². The lowest BCUT2D eigenvalue weighted by Crippen LogP contribution is -2.48. The number of aryl methyl sites for hydroxylation is 1. The molecule has 3 rings (SSSR count). The van der Waals surface area contributed by atoms with Gasteiger partial charge in [0.05, 0.1) is 11.3 Å². The molecule has 1 fully saturated rings. The van der Waals surface area contributed by atoms with E-state index in [0.717, 1.165) is 51.3 Å². The molecule has 0 N–H and O–H groups in total. The van der Waals surface area contributed by atoms with Crippen molar-refractivity contribution in [2.75, 3.05) is 32.7 Å². The Kier molecular flexibility index (Phi) is 6.50. The second-order valence-electron chi connectivity index (χ2n) is 6.54. The molecule has 1 amide bonds. The summed E-state index contributed by atoms with van der Waals surface area (Å²) in [7, 11) is 0. The van der Waals surface area contributed by atoms with Crippen LogP contribution < -0.4 is 0 Å². The summed E-state index contributed by atoms with van der Waals surface area (Å²) >= 11 is 0. The van der Waals surface area contributed by atoms with Gasteiger partial charge in [0.1, 0.15) is 6.33 Å². The van der Waals surface area contributed by atoms with Crippen molar-refractivity contribution >= 4 is 12.0 Å². The molecule has 26 heavy (non-hydrogen) atoms. The van der Waals surface area contributed by atoms with Gasteiger partial charge in [0.15, 0.2) is 0 Å². The number of piperazine rings is 1. The largest absolute Gasteiger partial charge is 0.336 e. The third-order valence-corrected chi connectivity index (χ3v) is 4.64. The van der Waals surface area contributed by atoms with Crippen LogP contribution in [0, 0.1) is 0 Å². The van der Waals surface area contributed by atoms with Crippen LogP contribution in [0.2, 0.25) is 0 Å². The summed E-state index contributed by atoms with van der Waals surface area (Å²) in [5, 5.41) is 0. The van der Waals surface area contributed by atoms with E-state index in [1.54, 1.807) is 6.20 Å². The first-order chi connectivity index (χ1) is 12.8. The van der Waals surface area contributed by atoms with Crippen LogP contribution in [0.5, 0.6) is 0 Å². The number of carbonyl (C=O) groups is 1. The fraction of sp³-hybridized carbons (Fsp3) is 0.381. The van der Waals surface area contributed by atoms with Crippen LogP contribution in [0.25, 0.3) is 6.08 Å². The van der Waals surface area contributed by atoms with Gasteiger partial charge in [0.2, 0.25) is 0 Å². The van der Waals surface area contributed by atoms with Crippen molar-refractivity contribution in [1.29, 1.82) is 0 Å². The van der Waals surface area contributed by atoms with Gasteiger partial charge in [-0.2, -0.15) is 0 Å². The van der Waals surface area contributed by atoms with Gasteiger partial charge in [0, 0.05) is 38.9 Å². The number of hydrogen-bond acceptors (Lipinski definition) is 4. The third-order valence-electron chi connectivity index (χ3n) is 4.64. The summed E-state index contributed by atoms with van der Waals surface area (Å²) < 4.78 is 0. The number of nitrogens with zero attached hydrogens (tertiary/aromatic N) is 4. The SMILES string of the molecule is CCCc1ncncc1C(=O)N1CCN(C/C=C/c2ccccc2)CC1. The molecule has 0 saturated carbocycles. The second-order valence-corrected chi connectivity index (χ2v) is 6.54. The van der Waals surface area contributed by atoms with Crippen LogP contribution >= 0.6 is 0 Å². The average molecular weight is 350 g/mol. The second kappa shape index (κ2) is 9.25. The van der Waals surface area contributed by atoms with Gasteiger partial charge in [0.25, 0.3) is 5.91 Å². The lowest BCUT2D eigenvalue weighted by atomic mass is 10.1. The Labute approximate surface area is 155 Å². The van der Waals surface area contributed by atoms with Crippen LogP contribution in [0.1, 0.15) is 35.0 Å². The molecule has 0 radical (unpaired) electrons. The first-order valence-corrected chi connectivity index (χ1v) is 9.30. The first kappa shape index (κ1) is 18.3. The number of amides is 1. The Morgan fingerprint density at radius 2 is 1.92 bits per heavy atom. The molecule has 1 aromatic carbocycles. The molecule has 0 spiro atoms. The van der Waals surface area contributed by atoms with E-state index in [4.69, 9.17) is 0 Å². The lowest BCUT2D eigenvalue weighted by molar-refractivity contribution is 0.0648. The molecule has 5 heteroatoms. The van der Waals surface area contributed by atoms with Crippen molar-refractivity contribution in [2.45, 2.75) is 19.8 Å². The molecule has 1 aliphatic heterocycles. The van der Waals surface area contributed by atoms with E-state index < -0.39 is 0 Å². The van der Waals surface area contributed by atoms with Crippen molar-refractivity contribution in [3.05, 3.63) is 65.8 Å². The van der Waals surface area contributed by atoms with Gasteiger partial charge in [-0.05, 0) is 12.0 Å². The van der Waals surface area contributed by atoms with Gasteiger partial charge in [-0.1, -0.05) is 55.8 Å². The van der Waals surface area contributed by atoms with E-state index in [0.29, 0.717) is 5.56 Å². The molecule has 0 atom stereocenters. The van der Waals surface area contributed by atoms with Gasteiger partial charge in [-0.15, -0.1) is 0 Å². The summed E-state index contributed by atoms with van der Waals surface area (Å²) in [5.41, 5.74) is 2.74. The number of carbonyl (C=O) groups excluding carboxylic acids is 1. The minimum atomic E-state index is 0.0635. The molecule has 1 saturated heterocycles. The Morgan fingerprint density at radius 1 is 1.15 bits per heavy atom. The van der Waals surface area contributed by atoms with E-state index in [2.05, 4.69) is 46.1 Å². The molecule has 5 nitrogen and oxygen atoms in total. The van der Waals surface area contributed by atoms with Gasteiger partial charge in [-0.25, -0.2) is 9.97 Å². The van der Waals surface area contributed by atoms with Crippen LogP contribution in [0.15, 0.2) is 48.9 Å². The number of hydrogen-bond donors (Lipinski definition) is 0. The highest BCUT2D eigenvalue weighted by atomic mass is 16.2. The van der Waals surface area contributed by atoms with Crippen LogP contribution in [0.4, 0.5) is 0 Å². The van der Waals surface area contributed by atoms with Gasteiger partial charge in [-0.3, -0.25) is 9.69 Å². The summed E-state index contributed by atoms with van der Waals surface area (Å²) in [6, 6.07) is 10.3. The van der Waals surface area contributed by atoms with E-state index in [-0.39, 0.29) is 5.91 Å². The van der Waals surface area contributed by atoms with E-state index >= 15 is 0 Å². The molecule has 0 aliphatic carbocycles. The molecule has 0 bridgehead atoms. The highest BCUT2D eigenvalue weighted by molar-refractivity contribution is 5.95. The standard InChI is InChI=1S/C21H26N4O/c1-2-7-20-19(16-22-17-23-20)21(26)25-14-12-24(13-15-25)11-6-10-18-8-4-3-5-9-18/h3-6,8-10,16-17H,2,7,11-15H2,1H3/b10-6+. The molecule has 136 valence electrons. The summed E-state index contributed by atoms with van der Waals surface area (Å²) in [4.78, 5) is 25.5. The zero-order chi connectivity index (χ0) is 18.2. The maximum Gasteiger partial charge on any atom is 0.257 e. The zero-order valence-electron chi connectivity index (χ0n) is 15.3. The average Bonchev–Trinajstić information content (AvgIpc) is 2.70. The fourth-order valence-corrected chi connectivity index (χ4v) is 3.18. The zero-order valence-corrected chi connectivity index (χ0v) is 15.3. The summed E-state index contributed by atoms with van der Waals surface area (Å²) in [6.07, 6.45) is 9.31. The Morgan fingerprint density at radius 3 is 2.65 bits per heavy atom. The topological polar surface area (TPSA) is 49.3 Å². The predicted molar refractivity (Wildman–Crippen MR) is 104 cm³/mol. The normalized spacial score (nSPS) is 15.5. The monoisotopic (exact) mass is 350 g/mol. The Hall–Kier alpha value is -2.53. The van der Waals surface area contributed by atoms with Gasteiger partial charge < -0.3 is 4.90 Å². The van der Waals surface area contributed by atoms with E-state index in [9.17, 15) is 4.79 Å². The van der Waals surface area contributed by atoms with Gasteiger partial charge >= 0.3 is 0 Å². The van der Waals surface area contributed by atoms with Crippen LogP contribution in [-0.2, 0) is 6.42 Å². The van der Waals surface area contributed by atoms with E-state index in [1.807, 2.05) is 23.1 Å². The Bertz CT molecular complexity index is 737. The highest BCUT2D eigenvalue weighted by Crippen LogP contribution is 2.12. The number of aromatic nitrogens is 2. The molecule has 1 aliphatic rings. The smallest absolute Gasteiger partial charge is 0.257 e. The molecule has 1 aromatic heterocycles. The van der Waals surface area contributed by atoms with Crippen molar-refractivity contribution in [3.8, 4) is 0 Å². The highest BCUT2D eigenvalue weighted by Gasteiger charge is 2.23. The van der Waals surface area contributed by atoms with Crippen LogP contribution in [-0.4, -0.2) is 58.4 Å². The fourth-order valence-electron chi connectivity index (χ4n) is 3.18. The summed E-state index contributed by atoms with van der Waals surface area (Å²) in [6.45, 7) is 6.28. The minimum absolute atomic E-state index is 0.0635. The van der Waals surface area contributed by atoms with E-state index in [1.165, 1.54) is 11.9 Å². The predicted octanol–water partition coefficient (Wildman–Crippen LogP) is 2.90.